The van der Waals surface area contributed by atoms with Crippen LogP contribution in [0.3, 0.4) is 0 Å². The lowest BCUT2D eigenvalue weighted by Crippen LogP contribution is -2.32. The summed E-state index contributed by atoms with van der Waals surface area (Å²) in [5, 5.41) is 13.0. The summed E-state index contributed by atoms with van der Waals surface area (Å²) < 4.78 is 46.0. The number of aromatic nitrogens is 2. The van der Waals surface area contributed by atoms with Crippen LogP contribution in [-0.2, 0) is 24.1 Å². The zero-order chi connectivity index (χ0) is 20.9. The summed E-state index contributed by atoms with van der Waals surface area (Å²) in [7, 11) is -1.36. The van der Waals surface area contributed by atoms with Gasteiger partial charge in [-0.25, -0.2) is 4.68 Å². The van der Waals surface area contributed by atoms with Crippen molar-refractivity contribution in [2.45, 2.75) is 45.0 Å². The molecular weight excluding hydrogens is 387 g/mol. The van der Waals surface area contributed by atoms with Gasteiger partial charge in [-0.05, 0) is 29.8 Å². The van der Waals surface area contributed by atoms with Gasteiger partial charge in [-0.2, -0.15) is 23.5 Å². The molecule has 2 aromatic rings. The van der Waals surface area contributed by atoms with Gasteiger partial charge in [0.25, 0.3) is 5.56 Å². The summed E-state index contributed by atoms with van der Waals surface area (Å²) >= 11 is 0. The van der Waals surface area contributed by atoms with Crippen molar-refractivity contribution in [2.75, 3.05) is 6.61 Å². The zero-order valence-electron chi connectivity index (χ0n) is 16.0. The fraction of sp³-hybridized carbons (Fsp3) is 0.421. The van der Waals surface area contributed by atoms with Crippen LogP contribution in [0.4, 0.5) is 13.2 Å². The molecule has 0 unspecified atom stereocenters. The Morgan fingerprint density at radius 2 is 1.96 bits per heavy atom. The average molecular weight is 409 g/mol. The normalized spacial score (nSPS) is 12.0. The van der Waals surface area contributed by atoms with Crippen LogP contribution in [0.2, 0.25) is 25.7 Å². The fourth-order valence-electron chi connectivity index (χ4n) is 2.46. The predicted molar refractivity (Wildman–Crippen MR) is 102 cm³/mol. The quantitative estimate of drug-likeness (QED) is 0.511. The highest BCUT2D eigenvalue weighted by Gasteiger charge is 2.35. The summed E-state index contributed by atoms with van der Waals surface area (Å²) in [5.41, 5.74) is -1.39. The second-order valence-corrected chi connectivity index (χ2v) is 13.3. The lowest BCUT2D eigenvalue weighted by Gasteiger charge is -2.16. The van der Waals surface area contributed by atoms with Crippen molar-refractivity contribution in [1.82, 2.24) is 9.78 Å². The van der Waals surface area contributed by atoms with E-state index in [-0.39, 0.29) is 18.8 Å². The van der Waals surface area contributed by atoms with Gasteiger partial charge in [-0.15, -0.1) is 0 Å². The van der Waals surface area contributed by atoms with Gasteiger partial charge < -0.3 is 4.74 Å². The van der Waals surface area contributed by atoms with E-state index in [9.17, 15) is 18.0 Å². The number of alkyl halides is 3. The van der Waals surface area contributed by atoms with Crippen LogP contribution >= 0.6 is 0 Å². The lowest BCUT2D eigenvalue weighted by molar-refractivity contribution is -0.139. The first kappa shape index (κ1) is 21.9. The third-order valence-electron chi connectivity index (χ3n) is 3.98. The molecule has 0 bridgehead atoms. The molecule has 0 aliphatic carbocycles. The number of hydrogen-bond acceptors (Lipinski definition) is 4. The standard InChI is InChI=1S/C19H22F3N3O2Si/c1-28(2,3)8-7-27-13-25-18(26)17(19(20,21)22)11-16(24-25)10-14-5-4-6-15(9-14)12-23/h4-6,9,11H,7-8,10,13H2,1-3H3. The Labute approximate surface area is 162 Å². The van der Waals surface area contributed by atoms with E-state index in [4.69, 9.17) is 10.00 Å². The molecule has 0 amide bonds. The first-order chi connectivity index (χ1) is 13.0. The van der Waals surface area contributed by atoms with Crippen molar-refractivity contribution in [3.05, 3.63) is 63.1 Å². The Balaban J connectivity index is 2.30. The summed E-state index contributed by atoms with van der Waals surface area (Å²) in [6.07, 6.45) is -4.73. The minimum atomic E-state index is -4.79. The first-order valence-electron chi connectivity index (χ1n) is 8.74. The van der Waals surface area contributed by atoms with E-state index in [0.29, 0.717) is 17.7 Å². The highest BCUT2D eigenvalue weighted by molar-refractivity contribution is 6.76. The Bertz CT molecular complexity index is 928. The Kier molecular flexibility index (Phi) is 6.80. The van der Waals surface area contributed by atoms with E-state index in [0.717, 1.165) is 16.8 Å². The van der Waals surface area contributed by atoms with E-state index in [1.165, 1.54) is 0 Å². The van der Waals surface area contributed by atoms with Crippen molar-refractivity contribution in [1.29, 1.82) is 5.26 Å². The van der Waals surface area contributed by atoms with Crippen molar-refractivity contribution in [3.8, 4) is 6.07 Å². The molecule has 9 heteroatoms. The molecule has 0 atom stereocenters. The molecule has 150 valence electrons. The van der Waals surface area contributed by atoms with E-state index < -0.39 is 25.4 Å². The van der Waals surface area contributed by atoms with E-state index in [1.807, 2.05) is 6.07 Å². The molecule has 5 nitrogen and oxygen atoms in total. The molecule has 0 aliphatic rings. The first-order valence-corrected chi connectivity index (χ1v) is 12.5. The van der Waals surface area contributed by atoms with Crippen molar-refractivity contribution in [2.24, 2.45) is 0 Å². The molecule has 0 fully saturated rings. The number of ether oxygens (including phenoxy) is 1. The van der Waals surface area contributed by atoms with Gasteiger partial charge in [0.1, 0.15) is 12.3 Å². The summed E-state index contributed by atoms with van der Waals surface area (Å²) in [5.74, 6) is 0. The molecule has 0 saturated heterocycles. The maximum Gasteiger partial charge on any atom is 0.421 e. The summed E-state index contributed by atoms with van der Waals surface area (Å²) in [4.78, 5) is 12.2. The summed E-state index contributed by atoms with van der Waals surface area (Å²) in [6, 6.07) is 10.1. The predicted octanol–water partition coefficient (Wildman–Crippen LogP) is 4.04. The molecule has 1 aromatic carbocycles. The van der Waals surface area contributed by atoms with Gasteiger partial charge in [0, 0.05) is 21.1 Å². The molecule has 2 rings (SSSR count). The van der Waals surface area contributed by atoms with Crippen LogP contribution in [0.5, 0.6) is 0 Å². The minimum Gasteiger partial charge on any atom is -0.359 e. The molecule has 1 heterocycles. The molecule has 0 aliphatic heterocycles. The number of hydrogen-bond donors (Lipinski definition) is 0. The van der Waals surface area contributed by atoms with Gasteiger partial charge in [0.15, 0.2) is 0 Å². The van der Waals surface area contributed by atoms with E-state index in [1.54, 1.807) is 24.3 Å². The fourth-order valence-corrected chi connectivity index (χ4v) is 3.22. The molecule has 0 saturated carbocycles. The Hall–Kier alpha value is -2.44. The minimum absolute atomic E-state index is 0.0633. The van der Waals surface area contributed by atoms with Crippen molar-refractivity contribution < 1.29 is 17.9 Å². The largest absolute Gasteiger partial charge is 0.421 e. The van der Waals surface area contributed by atoms with Gasteiger partial charge in [0.05, 0.1) is 17.3 Å². The Morgan fingerprint density at radius 3 is 2.57 bits per heavy atom. The van der Waals surface area contributed by atoms with Crippen LogP contribution in [0, 0.1) is 11.3 Å². The number of nitriles is 1. The number of halogens is 3. The molecule has 1 aromatic heterocycles. The third kappa shape index (κ3) is 6.32. The highest BCUT2D eigenvalue weighted by Crippen LogP contribution is 2.27. The number of nitrogens with zero attached hydrogens (tertiary/aromatic N) is 3. The van der Waals surface area contributed by atoms with Crippen LogP contribution in [0.25, 0.3) is 0 Å². The van der Waals surface area contributed by atoms with E-state index in [2.05, 4.69) is 24.7 Å². The second kappa shape index (κ2) is 8.71. The van der Waals surface area contributed by atoms with Crippen LogP contribution in [-0.4, -0.2) is 24.5 Å². The van der Waals surface area contributed by atoms with Crippen LogP contribution in [0.15, 0.2) is 35.1 Å². The molecular formula is C19H22F3N3O2Si. The van der Waals surface area contributed by atoms with E-state index >= 15 is 0 Å². The average Bonchev–Trinajstić information content (AvgIpc) is 2.59. The maximum absolute atomic E-state index is 13.3. The SMILES string of the molecule is C[Si](C)(C)CCOCn1nc(Cc2cccc(C#N)c2)cc(C(F)(F)F)c1=O. The zero-order valence-corrected chi connectivity index (χ0v) is 17.0. The van der Waals surface area contributed by atoms with Crippen LogP contribution < -0.4 is 5.56 Å². The van der Waals surface area contributed by atoms with Crippen LogP contribution in [0.1, 0.15) is 22.4 Å². The highest BCUT2D eigenvalue weighted by atomic mass is 28.3. The third-order valence-corrected chi connectivity index (χ3v) is 5.69. The number of rotatable bonds is 7. The Morgan fingerprint density at radius 1 is 1.25 bits per heavy atom. The van der Waals surface area contributed by atoms with Gasteiger partial charge in [-0.1, -0.05) is 31.8 Å². The second-order valence-electron chi connectivity index (χ2n) is 7.69. The smallest absolute Gasteiger partial charge is 0.359 e. The molecule has 0 spiro atoms. The molecule has 0 N–H and O–H groups in total. The lowest BCUT2D eigenvalue weighted by atomic mass is 10.1. The molecule has 28 heavy (non-hydrogen) atoms. The van der Waals surface area contributed by atoms with Gasteiger partial charge in [0.2, 0.25) is 0 Å². The van der Waals surface area contributed by atoms with Gasteiger partial charge in [-0.3, -0.25) is 4.79 Å². The van der Waals surface area contributed by atoms with Crippen molar-refractivity contribution >= 4 is 8.07 Å². The topological polar surface area (TPSA) is 67.9 Å². The molecule has 0 radical (unpaired) electrons. The maximum atomic E-state index is 13.3. The van der Waals surface area contributed by atoms with Crippen molar-refractivity contribution in [3.63, 3.8) is 0 Å². The monoisotopic (exact) mass is 409 g/mol. The summed E-state index contributed by atoms with van der Waals surface area (Å²) in [6.45, 7) is 6.48. The van der Waals surface area contributed by atoms with Gasteiger partial charge >= 0.3 is 6.18 Å². The number of benzene rings is 1.